The zero-order valence-electron chi connectivity index (χ0n) is 11.7. The molecule has 2 rings (SSSR count). The van der Waals surface area contributed by atoms with Gasteiger partial charge in [0.2, 0.25) is 0 Å². The van der Waals surface area contributed by atoms with E-state index < -0.39 is 0 Å². The van der Waals surface area contributed by atoms with Gasteiger partial charge in [-0.1, -0.05) is 48.4 Å². The van der Waals surface area contributed by atoms with Gasteiger partial charge in [-0.05, 0) is 18.9 Å². The standard InChI is InChI=1S/C14H19ClN4S/c1-3-8-18-20-19-14-12(13(15)16-9-17-14)11-6-4-10(2)5-7-11/h4-7,16,18H,3,8-9H2,1-2H3,(H,17,19). The SMILES string of the molecule is CCCNSNC1=NCNC(Cl)=C1c1ccc(C)cc1. The van der Waals surface area contributed by atoms with Crippen LogP contribution in [0.3, 0.4) is 0 Å². The molecular formula is C14H19ClN4S. The minimum atomic E-state index is 0.491. The first-order chi connectivity index (χ1) is 9.72. The second kappa shape index (κ2) is 7.57. The van der Waals surface area contributed by atoms with Gasteiger partial charge in [-0.15, -0.1) is 0 Å². The number of amidine groups is 1. The Morgan fingerprint density at radius 3 is 2.80 bits per heavy atom. The molecule has 0 fully saturated rings. The molecule has 20 heavy (non-hydrogen) atoms. The molecule has 0 unspecified atom stereocenters. The molecule has 1 aliphatic heterocycles. The Labute approximate surface area is 129 Å². The molecule has 0 atom stereocenters. The van der Waals surface area contributed by atoms with E-state index in [-0.39, 0.29) is 0 Å². The van der Waals surface area contributed by atoms with Gasteiger partial charge in [0, 0.05) is 18.7 Å². The smallest absolute Gasteiger partial charge is 0.144 e. The predicted molar refractivity (Wildman–Crippen MR) is 88.4 cm³/mol. The molecule has 3 N–H and O–H groups in total. The summed E-state index contributed by atoms with van der Waals surface area (Å²) >= 11 is 7.75. The lowest BCUT2D eigenvalue weighted by atomic mass is 10.0. The van der Waals surface area contributed by atoms with Crippen molar-refractivity contribution in [3.63, 3.8) is 0 Å². The Kier molecular flexibility index (Phi) is 5.76. The third-order valence-corrected chi connectivity index (χ3v) is 3.81. The van der Waals surface area contributed by atoms with E-state index in [9.17, 15) is 0 Å². The molecule has 108 valence electrons. The van der Waals surface area contributed by atoms with E-state index in [1.54, 1.807) is 0 Å². The van der Waals surface area contributed by atoms with Crippen LogP contribution in [0.2, 0.25) is 0 Å². The van der Waals surface area contributed by atoms with Crippen LogP contribution in [0.15, 0.2) is 34.4 Å². The van der Waals surface area contributed by atoms with Gasteiger partial charge < -0.3 is 10.0 Å². The van der Waals surface area contributed by atoms with Crippen molar-refractivity contribution in [3.8, 4) is 0 Å². The predicted octanol–water partition coefficient (Wildman–Crippen LogP) is 3.01. The van der Waals surface area contributed by atoms with Crippen LogP contribution in [0.1, 0.15) is 24.5 Å². The fourth-order valence-corrected chi connectivity index (χ4v) is 2.66. The molecular weight excluding hydrogens is 292 g/mol. The Hall–Kier alpha value is -1.17. The van der Waals surface area contributed by atoms with Crippen molar-refractivity contribution < 1.29 is 0 Å². The average molecular weight is 311 g/mol. The summed E-state index contributed by atoms with van der Waals surface area (Å²) in [6.07, 6.45) is 1.09. The van der Waals surface area contributed by atoms with Crippen LogP contribution < -0.4 is 14.8 Å². The van der Waals surface area contributed by atoms with Crippen molar-refractivity contribution in [2.75, 3.05) is 13.2 Å². The molecule has 0 saturated heterocycles. The first-order valence-corrected chi connectivity index (χ1v) is 7.82. The fraction of sp³-hybridized carbons (Fsp3) is 0.357. The topological polar surface area (TPSA) is 48.5 Å². The second-order valence-corrected chi connectivity index (χ2v) is 5.57. The number of hydrogen-bond acceptors (Lipinski definition) is 5. The molecule has 0 aromatic heterocycles. The maximum Gasteiger partial charge on any atom is 0.144 e. The minimum Gasteiger partial charge on any atom is -0.356 e. The first kappa shape index (κ1) is 15.2. The lowest BCUT2D eigenvalue weighted by molar-refractivity contribution is 0.854. The van der Waals surface area contributed by atoms with E-state index in [4.69, 9.17) is 11.6 Å². The van der Waals surface area contributed by atoms with Gasteiger partial charge in [-0.3, -0.25) is 0 Å². The number of halogens is 1. The van der Waals surface area contributed by atoms with Gasteiger partial charge in [0.1, 0.15) is 17.7 Å². The van der Waals surface area contributed by atoms with Gasteiger partial charge in [0.05, 0.1) is 5.57 Å². The molecule has 0 bridgehead atoms. The van der Waals surface area contributed by atoms with Crippen LogP contribution in [-0.2, 0) is 0 Å². The molecule has 1 aliphatic rings. The van der Waals surface area contributed by atoms with Crippen molar-refractivity contribution in [1.29, 1.82) is 0 Å². The van der Waals surface area contributed by atoms with E-state index in [2.05, 4.69) is 57.9 Å². The summed E-state index contributed by atoms with van der Waals surface area (Å²) in [4.78, 5) is 4.45. The van der Waals surface area contributed by atoms with Gasteiger partial charge >= 0.3 is 0 Å². The maximum atomic E-state index is 6.31. The van der Waals surface area contributed by atoms with Crippen LogP contribution in [0, 0.1) is 6.92 Å². The molecule has 0 spiro atoms. The van der Waals surface area contributed by atoms with E-state index in [0.717, 1.165) is 29.9 Å². The summed E-state index contributed by atoms with van der Waals surface area (Å²) in [6, 6.07) is 8.26. The number of hydrogen-bond donors (Lipinski definition) is 3. The Balaban J connectivity index is 2.14. The Morgan fingerprint density at radius 2 is 2.10 bits per heavy atom. The summed E-state index contributed by atoms with van der Waals surface area (Å²) < 4.78 is 6.44. The summed E-state index contributed by atoms with van der Waals surface area (Å²) in [5.41, 5.74) is 3.18. The highest BCUT2D eigenvalue weighted by Crippen LogP contribution is 2.24. The highest BCUT2D eigenvalue weighted by molar-refractivity contribution is 7.96. The van der Waals surface area contributed by atoms with E-state index >= 15 is 0 Å². The zero-order valence-corrected chi connectivity index (χ0v) is 13.2. The summed E-state index contributed by atoms with van der Waals surface area (Å²) in [6.45, 7) is 5.63. The monoisotopic (exact) mass is 310 g/mol. The molecule has 0 amide bonds. The number of rotatable bonds is 5. The third-order valence-electron chi connectivity index (χ3n) is 2.84. The average Bonchev–Trinajstić information content (AvgIpc) is 2.45. The normalized spacial score (nSPS) is 14.8. The maximum absolute atomic E-state index is 6.31. The number of aryl methyl sites for hydroxylation is 1. The molecule has 6 heteroatoms. The van der Waals surface area contributed by atoms with Crippen LogP contribution in [-0.4, -0.2) is 19.0 Å². The lowest BCUT2D eigenvalue weighted by Crippen LogP contribution is -2.30. The lowest BCUT2D eigenvalue weighted by Gasteiger charge is -2.20. The van der Waals surface area contributed by atoms with E-state index in [0.29, 0.717) is 11.8 Å². The zero-order chi connectivity index (χ0) is 14.4. The van der Waals surface area contributed by atoms with Gasteiger partial charge in [0.25, 0.3) is 0 Å². The molecule has 1 aromatic carbocycles. The quantitative estimate of drug-likeness (QED) is 0.444. The number of nitrogens with zero attached hydrogens (tertiary/aromatic N) is 1. The van der Waals surface area contributed by atoms with Crippen LogP contribution in [0.25, 0.3) is 5.57 Å². The number of aliphatic imine (C=N–C) groups is 1. The van der Waals surface area contributed by atoms with Crippen LogP contribution >= 0.6 is 23.7 Å². The highest BCUT2D eigenvalue weighted by Gasteiger charge is 2.18. The summed E-state index contributed by atoms with van der Waals surface area (Å²) in [5, 5.41) is 3.69. The number of nitrogens with one attached hydrogen (secondary N) is 3. The van der Waals surface area contributed by atoms with E-state index in [1.807, 2.05) is 0 Å². The largest absolute Gasteiger partial charge is 0.356 e. The van der Waals surface area contributed by atoms with Gasteiger partial charge in [-0.25, -0.2) is 9.71 Å². The first-order valence-electron chi connectivity index (χ1n) is 6.62. The molecule has 0 saturated carbocycles. The second-order valence-electron chi connectivity index (χ2n) is 4.50. The summed E-state index contributed by atoms with van der Waals surface area (Å²) in [7, 11) is 0. The molecule has 0 aliphatic carbocycles. The Morgan fingerprint density at radius 1 is 1.35 bits per heavy atom. The van der Waals surface area contributed by atoms with Crippen molar-refractivity contribution in [1.82, 2.24) is 14.8 Å². The molecule has 1 heterocycles. The van der Waals surface area contributed by atoms with Crippen molar-refractivity contribution in [2.24, 2.45) is 4.99 Å². The van der Waals surface area contributed by atoms with Crippen molar-refractivity contribution in [3.05, 3.63) is 40.5 Å². The van der Waals surface area contributed by atoms with Crippen LogP contribution in [0.4, 0.5) is 0 Å². The fourth-order valence-electron chi connectivity index (χ4n) is 1.76. The molecule has 1 aromatic rings. The van der Waals surface area contributed by atoms with Gasteiger partial charge in [0.15, 0.2) is 0 Å². The highest BCUT2D eigenvalue weighted by atomic mass is 35.5. The molecule has 4 nitrogen and oxygen atoms in total. The summed E-state index contributed by atoms with van der Waals surface area (Å²) in [5.74, 6) is 0.797. The van der Waals surface area contributed by atoms with Crippen molar-refractivity contribution in [2.45, 2.75) is 20.3 Å². The molecule has 0 radical (unpaired) electrons. The number of benzene rings is 1. The van der Waals surface area contributed by atoms with Gasteiger partial charge in [-0.2, -0.15) is 0 Å². The van der Waals surface area contributed by atoms with E-state index in [1.165, 1.54) is 17.7 Å². The van der Waals surface area contributed by atoms with Crippen molar-refractivity contribution >= 4 is 35.1 Å². The van der Waals surface area contributed by atoms with Crippen LogP contribution in [0.5, 0.6) is 0 Å². The Bertz CT molecular complexity index is 510. The minimum absolute atomic E-state index is 0.491. The third kappa shape index (κ3) is 3.91.